The Morgan fingerprint density at radius 2 is 1.72 bits per heavy atom. The van der Waals surface area contributed by atoms with E-state index in [4.69, 9.17) is 5.26 Å². The van der Waals surface area contributed by atoms with Crippen LogP contribution in [0.2, 0.25) is 0 Å². The molecule has 0 saturated carbocycles. The fourth-order valence-corrected chi connectivity index (χ4v) is 5.22. The number of aromatic nitrogens is 3. The van der Waals surface area contributed by atoms with E-state index in [-0.39, 0.29) is 17.3 Å². The third-order valence-electron chi connectivity index (χ3n) is 6.07. The average Bonchev–Trinajstić information content (AvgIpc) is 3.22. The summed E-state index contributed by atoms with van der Waals surface area (Å²) in [5.41, 5.74) is -0.856. The first-order chi connectivity index (χ1) is 18.6. The highest BCUT2D eigenvalue weighted by atomic mass is 32.2. The molecule has 202 valence electrons. The van der Waals surface area contributed by atoms with Gasteiger partial charge in [0.25, 0.3) is 10.0 Å². The number of aryl methyl sites for hydroxylation is 1. The van der Waals surface area contributed by atoms with Gasteiger partial charge < -0.3 is 0 Å². The Balaban J connectivity index is 1.85. The van der Waals surface area contributed by atoms with Crippen LogP contribution in [0.3, 0.4) is 0 Å². The molecule has 12 heteroatoms. The molecule has 0 aliphatic rings. The summed E-state index contributed by atoms with van der Waals surface area (Å²) < 4.78 is 70.7. The Kier molecular flexibility index (Phi) is 7.92. The molecule has 0 unspecified atom stereocenters. The van der Waals surface area contributed by atoms with Crippen LogP contribution in [0.5, 0.6) is 0 Å². The second kappa shape index (κ2) is 11.2. The van der Waals surface area contributed by atoms with Gasteiger partial charge in [0.05, 0.1) is 22.7 Å². The number of sulfonamides is 1. The van der Waals surface area contributed by atoms with Gasteiger partial charge in [-0.25, -0.2) is 17.9 Å². The van der Waals surface area contributed by atoms with E-state index in [0.29, 0.717) is 29.5 Å². The minimum Gasteiger partial charge on any atom is -0.274 e. The predicted octanol–water partition coefficient (Wildman–Crippen LogP) is 4.87. The highest BCUT2D eigenvalue weighted by Crippen LogP contribution is 2.33. The molecule has 4 rings (SSSR count). The number of benzene rings is 3. The summed E-state index contributed by atoms with van der Waals surface area (Å²) in [6, 6.07) is 17.9. The summed E-state index contributed by atoms with van der Waals surface area (Å²) in [7, 11) is -4.24. The molecule has 0 bridgehead atoms. The van der Waals surface area contributed by atoms with E-state index < -0.39 is 33.1 Å². The van der Waals surface area contributed by atoms with Crippen molar-refractivity contribution in [3.8, 4) is 23.0 Å². The fraction of sp³-hybridized carbons (Fsp3) is 0.222. The maximum absolute atomic E-state index is 13.7. The number of hydrogen-bond acceptors (Lipinski definition) is 5. The van der Waals surface area contributed by atoms with Gasteiger partial charge in [-0.1, -0.05) is 67.9 Å². The molecule has 0 saturated heterocycles. The molecule has 4 aromatic rings. The molecule has 0 aliphatic carbocycles. The number of unbranched alkanes of at least 4 members (excludes halogenated alkanes) is 1. The number of rotatable bonds is 9. The lowest BCUT2D eigenvalue weighted by atomic mass is 10.0. The Morgan fingerprint density at radius 3 is 2.38 bits per heavy atom. The molecule has 1 aromatic heterocycles. The third-order valence-corrected chi connectivity index (χ3v) is 7.35. The van der Waals surface area contributed by atoms with Gasteiger partial charge in [-0.15, -0.1) is 5.10 Å². The molecule has 1 N–H and O–H groups in total. The second-order valence-corrected chi connectivity index (χ2v) is 10.4. The maximum atomic E-state index is 13.7. The first-order valence-corrected chi connectivity index (χ1v) is 13.5. The van der Waals surface area contributed by atoms with Gasteiger partial charge in [-0.3, -0.25) is 4.57 Å². The zero-order valence-corrected chi connectivity index (χ0v) is 21.6. The lowest BCUT2D eigenvalue weighted by molar-refractivity contribution is -0.137. The third kappa shape index (κ3) is 5.88. The molecule has 0 atom stereocenters. The summed E-state index contributed by atoms with van der Waals surface area (Å²) in [4.78, 5) is 13.3. The summed E-state index contributed by atoms with van der Waals surface area (Å²) in [5.74, 6) is 0.269. The van der Waals surface area contributed by atoms with Crippen LogP contribution in [-0.2, 0) is 29.2 Å². The van der Waals surface area contributed by atoms with Gasteiger partial charge >= 0.3 is 11.9 Å². The molecule has 1 heterocycles. The van der Waals surface area contributed by atoms with Crippen molar-refractivity contribution in [3.05, 3.63) is 100 Å². The molecule has 0 spiro atoms. The van der Waals surface area contributed by atoms with Crippen LogP contribution < -0.4 is 10.4 Å². The number of halogens is 3. The molecule has 0 aliphatic heterocycles. The number of nitrogens with zero attached hydrogens (tertiary/aromatic N) is 4. The van der Waals surface area contributed by atoms with Gasteiger partial charge in [-0.05, 0) is 35.7 Å². The number of para-hydroxylation sites is 1. The van der Waals surface area contributed by atoms with Gasteiger partial charge in [0.1, 0.15) is 5.82 Å². The monoisotopic (exact) mass is 555 g/mol. The topological polar surface area (TPSA) is 110 Å². The lowest BCUT2D eigenvalue weighted by Gasteiger charge is -2.13. The van der Waals surface area contributed by atoms with Crippen LogP contribution in [0.1, 0.15) is 36.7 Å². The van der Waals surface area contributed by atoms with Crippen LogP contribution in [-0.4, -0.2) is 22.8 Å². The van der Waals surface area contributed by atoms with Crippen molar-refractivity contribution in [2.75, 3.05) is 0 Å². The van der Waals surface area contributed by atoms with Crippen LogP contribution in [0, 0.1) is 11.5 Å². The summed E-state index contributed by atoms with van der Waals surface area (Å²) >= 11 is 0. The number of alkyl halides is 3. The zero-order chi connectivity index (χ0) is 28.2. The first-order valence-electron chi connectivity index (χ1n) is 12.0. The minimum atomic E-state index is -4.70. The van der Waals surface area contributed by atoms with E-state index in [1.54, 1.807) is 42.5 Å². The molecule has 0 radical (unpaired) electrons. The highest BCUT2D eigenvalue weighted by molar-refractivity contribution is 7.89. The molecule has 0 fully saturated rings. The Hall–Kier alpha value is -4.37. The Labute approximate surface area is 223 Å². The smallest absolute Gasteiger partial charge is 0.274 e. The first kappa shape index (κ1) is 27.7. The van der Waals surface area contributed by atoms with E-state index in [2.05, 4.69) is 5.10 Å². The van der Waals surface area contributed by atoms with Crippen molar-refractivity contribution in [1.29, 1.82) is 5.26 Å². The Bertz CT molecular complexity index is 1690. The molecular weight excluding hydrogens is 531 g/mol. The van der Waals surface area contributed by atoms with Gasteiger partial charge in [0, 0.05) is 12.0 Å². The summed E-state index contributed by atoms with van der Waals surface area (Å²) in [6.07, 6.45) is -1.54. The molecule has 8 nitrogen and oxygen atoms in total. The van der Waals surface area contributed by atoms with Crippen LogP contribution in [0.4, 0.5) is 13.2 Å². The SMILES string of the molecule is CCCCc1nn(-c2ccccc2C(F)(F)F)c(=O)n1Cc1ccc(-c2ccccc2)c(S(=O)(=O)NC#N)c1. The van der Waals surface area contributed by atoms with Crippen LogP contribution in [0.15, 0.2) is 82.5 Å². The number of nitriles is 1. The molecule has 39 heavy (non-hydrogen) atoms. The van der Waals surface area contributed by atoms with E-state index in [1.807, 2.05) is 11.6 Å². The van der Waals surface area contributed by atoms with Crippen molar-refractivity contribution in [2.24, 2.45) is 0 Å². The number of hydrogen-bond donors (Lipinski definition) is 1. The standard InChI is InChI=1S/C27H24F3N5O3S/c1-2-3-13-25-33-35(23-12-8-7-11-22(23)27(28,29)30)26(36)34(25)17-19-14-15-21(20-9-5-4-6-10-20)24(16-19)39(37,38)32-18-31/h4-12,14-16,32H,2-3,13,17H2,1H3. The summed E-state index contributed by atoms with van der Waals surface area (Å²) in [5, 5.41) is 13.2. The van der Waals surface area contributed by atoms with E-state index in [0.717, 1.165) is 17.2 Å². The predicted molar refractivity (Wildman–Crippen MR) is 138 cm³/mol. The van der Waals surface area contributed by atoms with Gasteiger partial charge in [0.2, 0.25) is 0 Å². The largest absolute Gasteiger partial charge is 0.418 e. The van der Waals surface area contributed by atoms with Gasteiger partial charge in [0.15, 0.2) is 6.19 Å². The van der Waals surface area contributed by atoms with Crippen LogP contribution in [0.25, 0.3) is 16.8 Å². The van der Waals surface area contributed by atoms with E-state index >= 15 is 0 Å². The van der Waals surface area contributed by atoms with Crippen LogP contribution >= 0.6 is 0 Å². The van der Waals surface area contributed by atoms with Crippen molar-refractivity contribution in [2.45, 2.75) is 43.8 Å². The minimum absolute atomic E-state index is 0.143. The zero-order valence-electron chi connectivity index (χ0n) is 20.8. The highest BCUT2D eigenvalue weighted by Gasteiger charge is 2.35. The van der Waals surface area contributed by atoms with Crippen molar-refractivity contribution in [3.63, 3.8) is 0 Å². The average molecular weight is 556 g/mol. The molecule has 0 amide bonds. The quantitative estimate of drug-likeness (QED) is 0.234. The van der Waals surface area contributed by atoms with Crippen molar-refractivity contribution >= 4 is 10.0 Å². The number of nitrogens with one attached hydrogen (secondary N) is 1. The fourth-order valence-electron chi connectivity index (χ4n) is 4.21. The Morgan fingerprint density at radius 1 is 1.03 bits per heavy atom. The molecule has 3 aromatic carbocycles. The maximum Gasteiger partial charge on any atom is 0.418 e. The van der Waals surface area contributed by atoms with Gasteiger partial charge in [-0.2, -0.15) is 23.1 Å². The lowest BCUT2D eigenvalue weighted by Crippen LogP contribution is -2.27. The summed E-state index contributed by atoms with van der Waals surface area (Å²) in [6.45, 7) is 1.79. The van der Waals surface area contributed by atoms with Crippen molar-refractivity contribution < 1.29 is 21.6 Å². The van der Waals surface area contributed by atoms with Crippen molar-refractivity contribution in [1.82, 2.24) is 19.1 Å². The second-order valence-electron chi connectivity index (χ2n) is 8.73. The molecular formula is C27H24F3N5O3S. The normalized spacial score (nSPS) is 11.8. The van der Waals surface area contributed by atoms with E-state index in [1.165, 1.54) is 35.0 Å². The van der Waals surface area contributed by atoms with E-state index in [9.17, 15) is 26.4 Å².